The average molecular weight is 244 g/mol. The third-order valence-corrected chi connectivity index (χ3v) is 4.04. The third-order valence-electron chi connectivity index (χ3n) is 3.06. The van der Waals surface area contributed by atoms with E-state index in [1.54, 1.807) is 11.8 Å². The molecule has 88 valence electrons. The molecule has 0 aliphatic heterocycles. The van der Waals surface area contributed by atoms with E-state index in [1.807, 2.05) is 12.1 Å². The van der Waals surface area contributed by atoms with Crippen LogP contribution in [0.5, 0.6) is 0 Å². The minimum Gasteiger partial charge on any atom is -0.245 e. The predicted molar refractivity (Wildman–Crippen MR) is 71.1 cm³/mol. The molecule has 1 aromatic heterocycles. The van der Waals surface area contributed by atoms with Gasteiger partial charge in [-0.05, 0) is 36.8 Å². The first-order chi connectivity index (χ1) is 8.24. The number of hydrogen-bond acceptors (Lipinski definition) is 3. The molecule has 0 aromatic carbocycles. The summed E-state index contributed by atoms with van der Waals surface area (Å²) in [7, 11) is 0. The Kier molecular flexibility index (Phi) is 3.86. The molecule has 0 bridgehead atoms. The lowest BCUT2D eigenvalue weighted by molar-refractivity contribution is 0.491. The number of pyridine rings is 1. The van der Waals surface area contributed by atoms with Crippen LogP contribution < -0.4 is 0 Å². The van der Waals surface area contributed by atoms with Gasteiger partial charge in [0.1, 0.15) is 11.1 Å². The second kappa shape index (κ2) is 5.37. The highest BCUT2D eigenvalue weighted by molar-refractivity contribution is 7.99. The number of aromatic nitrogens is 1. The van der Waals surface area contributed by atoms with Crippen LogP contribution in [0, 0.1) is 17.2 Å². The molecule has 0 amide bonds. The summed E-state index contributed by atoms with van der Waals surface area (Å²) in [6.07, 6.45) is 5.15. The van der Waals surface area contributed by atoms with Gasteiger partial charge in [0.25, 0.3) is 0 Å². The SMILES string of the molecule is C=CCSc1nc2c(cc1C#N)C[C@H](C)CC2. The first kappa shape index (κ1) is 12.2. The lowest BCUT2D eigenvalue weighted by Crippen LogP contribution is -2.14. The van der Waals surface area contributed by atoms with Gasteiger partial charge in [-0.2, -0.15) is 5.26 Å². The van der Waals surface area contributed by atoms with Gasteiger partial charge in [-0.1, -0.05) is 13.0 Å². The van der Waals surface area contributed by atoms with Crippen molar-refractivity contribution < 1.29 is 0 Å². The third kappa shape index (κ3) is 2.70. The highest BCUT2D eigenvalue weighted by Gasteiger charge is 2.18. The van der Waals surface area contributed by atoms with E-state index in [9.17, 15) is 0 Å². The monoisotopic (exact) mass is 244 g/mol. The van der Waals surface area contributed by atoms with Crippen LogP contribution in [0.2, 0.25) is 0 Å². The number of nitriles is 1. The zero-order chi connectivity index (χ0) is 12.3. The molecule has 1 aliphatic rings. The smallest absolute Gasteiger partial charge is 0.114 e. The largest absolute Gasteiger partial charge is 0.245 e. The molecule has 1 heterocycles. The maximum absolute atomic E-state index is 9.16. The highest BCUT2D eigenvalue weighted by atomic mass is 32.2. The number of fused-ring (bicyclic) bond motifs is 1. The highest BCUT2D eigenvalue weighted by Crippen LogP contribution is 2.29. The van der Waals surface area contributed by atoms with E-state index in [1.165, 1.54) is 17.7 Å². The van der Waals surface area contributed by atoms with Gasteiger partial charge in [0.2, 0.25) is 0 Å². The van der Waals surface area contributed by atoms with Gasteiger partial charge < -0.3 is 0 Å². The fourth-order valence-corrected chi connectivity index (χ4v) is 2.87. The molecule has 1 aromatic rings. The lowest BCUT2D eigenvalue weighted by atomic mass is 9.87. The van der Waals surface area contributed by atoms with Crippen LogP contribution in [0.3, 0.4) is 0 Å². The number of thioether (sulfide) groups is 1. The Bertz CT molecular complexity index is 474. The van der Waals surface area contributed by atoms with E-state index >= 15 is 0 Å². The molecule has 1 aliphatic carbocycles. The van der Waals surface area contributed by atoms with Gasteiger partial charge in [-0.25, -0.2) is 4.98 Å². The van der Waals surface area contributed by atoms with E-state index < -0.39 is 0 Å². The molecule has 3 heteroatoms. The Balaban J connectivity index is 2.35. The van der Waals surface area contributed by atoms with Crippen LogP contribution in [0.4, 0.5) is 0 Å². The van der Waals surface area contributed by atoms with Gasteiger partial charge in [0.05, 0.1) is 5.56 Å². The Hall–Kier alpha value is -1.27. The molecule has 0 fully saturated rings. The Morgan fingerprint density at radius 2 is 2.53 bits per heavy atom. The van der Waals surface area contributed by atoms with E-state index in [2.05, 4.69) is 24.6 Å². The normalized spacial score (nSPS) is 18.2. The van der Waals surface area contributed by atoms with E-state index in [0.717, 1.165) is 23.6 Å². The Morgan fingerprint density at radius 3 is 3.24 bits per heavy atom. The van der Waals surface area contributed by atoms with Crippen molar-refractivity contribution in [3.8, 4) is 6.07 Å². The lowest BCUT2D eigenvalue weighted by Gasteiger charge is -2.21. The number of nitrogens with zero attached hydrogens (tertiary/aromatic N) is 2. The second-order valence-corrected chi connectivity index (χ2v) is 5.52. The molecular formula is C14H16N2S. The zero-order valence-corrected chi connectivity index (χ0v) is 10.9. The molecule has 2 rings (SSSR count). The summed E-state index contributed by atoms with van der Waals surface area (Å²) >= 11 is 1.59. The summed E-state index contributed by atoms with van der Waals surface area (Å²) in [5.41, 5.74) is 3.17. The van der Waals surface area contributed by atoms with Gasteiger partial charge in [-0.15, -0.1) is 18.3 Å². The van der Waals surface area contributed by atoms with Crippen LogP contribution in [0.15, 0.2) is 23.7 Å². The van der Waals surface area contributed by atoms with Gasteiger partial charge in [0.15, 0.2) is 0 Å². The van der Waals surface area contributed by atoms with Crippen molar-refractivity contribution in [2.45, 2.75) is 31.2 Å². The van der Waals surface area contributed by atoms with Gasteiger partial charge >= 0.3 is 0 Å². The first-order valence-electron chi connectivity index (χ1n) is 5.91. The molecule has 2 nitrogen and oxygen atoms in total. The van der Waals surface area contributed by atoms with Gasteiger partial charge in [0, 0.05) is 11.4 Å². The maximum atomic E-state index is 9.16. The van der Waals surface area contributed by atoms with Crippen LogP contribution in [0.1, 0.15) is 30.2 Å². The standard InChI is InChI=1S/C14H16N2S/c1-3-6-17-14-12(9-15)8-11-7-10(2)4-5-13(11)16-14/h3,8,10H,1,4-7H2,2H3/t10-/m1/s1. The molecule has 0 saturated heterocycles. The van der Waals surface area contributed by atoms with Crippen molar-refractivity contribution >= 4 is 11.8 Å². The van der Waals surface area contributed by atoms with Crippen LogP contribution in [-0.4, -0.2) is 10.7 Å². The Morgan fingerprint density at radius 1 is 1.71 bits per heavy atom. The van der Waals surface area contributed by atoms with Gasteiger partial charge in [-0.3, -0.25) is 0 Å². The van der Waals surface area contributed by atoms with E-state index in [4.69, 9.17) is 5.26 Å². The van der Waals surface area contributed by atoms with Crippen LogP contribution in [0.25, 0.3) is 0 Å². The zero-order valence-electron chi connectivity index (χ0n) is 10.1. The fraction of sp³-hybridized carbons (Fsp3) is 0.429. The number of rotatable bonds is 3. The van der Waals surface area contributed by atoms with E-state index in [-0.39, 0.29) is 0 Å². The van der Waals surface area contributed by atoms with Crippen molar-refractivity contribution in [3.05, 3.63) is 35.5 Å². The van der Waals surface area contributed by atoms with E-state index in [0.29, 0.717) is 11.5 Å². The first-order valence-corrected chi connectivity index (χ1v) is 6.89. The fourth-order valence-electron chi connectivity index (χ4n) is 2.16. The molecular weight excluding hydrogens is 228 g/mol. The van der Waals surface area contributed by atoms with Crippen molar-refractivity contribution in [1.29, 1.82) is 5.26 Å². The summed E-state index contributed by atoms with van der Waals surface area (Å²) in [5, 5.41) is 10.0. The molecule has 17 heavy (non-hydrogen) atoms. The second-order valence-electron chi connectivity index (χ2n) is 4.51. The summed E-state index contributed by atoms with van der Waals surface area (Å²) in [6.45, 7) is 5.96. The molecule has 0 spiro atoms. The van der Waals surface area contributed by atoms with Crippen molar-refractivity contribution in [3.63, 3.8) is 0 Å². The molecule has 1 atom stereocenters. The van der Waals surface area contributed by atoms with Crippen LogP contribution in [-0.2, 0) is 12.8 Å². The number of aryl methyl sites for hydroxylation is 1. The average Bonchev–Trinajstić information content (AvgIpc) is 2.35. The molecule has 0 saturated carbocycles. The van der Waals surface area contributed by atoms with Crippen molar-refractivity contribution in [1.82, 2.24) is 4.98 Å². The minimum atomic E-state index is 0.711. The van der Waals surface area contributed by atoms with Crippen molar-refractivity contribution in [2.24, 2.45) is 5.92 Å². The summed E-state index contributed by atoms with van der Waals surface area (Å²) in [6, 6.07) is 4.28. The number of hydrogen-bond donors (Lipinski definition) is 0. The minimum absolute atomic E-state index is 0.711. The quantitative estimate of drug-likeness (QED) is 0.604. The summed E-state index contributed by atoms with van der Waals surface area (Å²) in [4.78, 5) is 4.65. The predicted octanol–water partition coefficient (Wildman–Crippen LogP) is 3.36. The Labute approximate surface area is 107 Å². The maximum Gasteiger partial charge on any atom is 0.114 e. The molecule has 0 unspecified atom stereocenters. The summed E-state index contributed by atoms with van der Waals surface area (Å²) < 4.78 is 0. The molecule has 0 radical (unpaired) electrons. The van der Waals surface area contributed by atoms with Crippen molar-refractivity contribution in [2.75, 3.05) is 5.75 Å². The topological polar surface area (TPSA) is 36.7 Å². The summed E-state index contributed by atoms with van der Waals surface area (Å²) in [5.74, 6) is 1.51. The molecule has 0 N–H and O–H groups in total. The van der Waals surface area contributed by atoms with Crippen LogP contribution >= 0.6 is 11.8 Å².